The Bertz CT molecular complexity index is 1150. The number of nitrogens with one attached hydrogen (secondary N) is 2. The lowest BCUT2D eigenvalue weighted by molar-refractivity contribution is -0.145. The van der Waals surface area contributed by atoms with Crippen LogP contribution in [0.5, 0.6) is 0 Å². The van der Waals surface area contributed by atoms with Gasteiger partial charge in [-0.3, -0.25) is 9.59 Å². The number of anilines is 1. The highest BCUT2D eigenvalue weighted by atomic mass is 35.5. The van der Waals surface area contributed by atoms with Gasteiger partial charge < -0.3 is 20.5 Å². The SMILES string of the molecule is COC(=O)[C@H](Cc1ccc(NC(=O)c2c(Cl)cccc2Cl)cc1)NC(=O)C1CCC(=CC(=O)O)CC1. The molecule has 0 bridgehead atoms. The molecule has 0 heterocycles. The summed E-state index contributed by atoms with van der Waals surface area (Å²) in [5.41, 5.74) is 2.23. The molecule has 2 aromatic carbocycles. The summed E-state index contributed by atoms with van der Waals surface area (Å²) in [5.74, 6) is -2.59. The summed E-state index contributed by atoms with van der Waals surface area (Å²) in [6, 6.07) is 10.7. The molecule has 10 heteroatoms. The van der Waals surface area contributed by atoms with Crippen LogP contribution < -0.4 is 10.6 Å². The average molecular weight is 533 g/mol. The molecule has 2 amide bonds. The largest absolute Gasteiger partial charge is 0.478 e. The molecule has 1 fully saturated rings. The Hall–Kier alpha value is -3.36. The number of carboxylic acids is 1. The minimum atomic E-state index is -0.989. The zero-order valence-corrected chi connectivity index (χ0v) is 21.1. The summed E-state index contributed by atoms with van der Waals surface area (Å²) >= 11 is 12.2. The number of halogens is 2. The number of benzene rings is 2. The van der Waals surface area contributed by atoms with Gasteiger partial charge in [0.1, 0.15) is 6.04 Å². The van der Waals surface area contributed by atoms with Crippen molar-refractivity contribution < 1.29 is 29.0 Å². The fraction of sp³-hybridized carbons (Fsp3) is 0.308. The van der Waals surface area contributed by atoms with Crippen LogP contribution in [0.2, 0.25) is 10.0 Å². The number of hydrogen-bond donors (Lipinski definition) is 3. The van der Waals surface area contributed by atoms with Crippen molar-refractivity contribution in [3.05, 3.63) is 75.3 Å². The van der Waals surface area contributed by atoms with Gasteiger partial charge in [0.15, 0.2) is 0 Å². The zero-order chi connectivity index (χ0) is 26.2. The van der Waals surface area contributed by atoms with E-state index < -0.39 is 23.9 Å². The van der Waals surface area contributed by atoms with E-state index in [0.717, 1.165) is 11.1 Å². The second-order valence-corrected chi connectivity index (χ2v) is 9.27. The number of hydrogen-bond acceptors (Lipinski definition) is 5. The van der Waals surface area contributed by atoms with Crippen molar-refractivity contribution in [2.24, 2.45) is 5.92 Å². The van der Waals surface area contributed by atoms with Crippen LogP contribution in [0.3, 0.4) is 0 Å². The highest BCUT2D eigenvalue weighted by Gasteiger charge is 2.28. The summed E-state index contributed by atoms with van der Waals surface area (Å²) in [4.78, 5) is 48.5. The molecule has 190 valence electrons. The Morgan fingerprint density at radius 3 is 2.22 bits per heavy atom. The van der Waals surface area contributed by atoms with E-state index in [1.54, 1.807) is 42.5 Å². The van der Waals surface area contributed by atoms with Crippen LogP contribution in [0.25, 0.3) is 0 Å². The number of methoxy groups -OCH3 is 1. The van der Waals surface area contributed by atoms with E-state index in [-0.39, 0.29) is 33.9 Å². The third-order valence-corrected chi connectivity index (χ3v) is 6.60. The van der Waals surface area contributed by atoms with E-state index in [2.05, 4.69) is 10.6 Å². The van der Waals surface area contributed by atoms with Crippen LogP contribution in [-0.4, -0.2) is 42.0 Å². The van der Waals surface area contributed by atoms with Crippen molar-refractivity contribution in [2.45, 2.75) is 38.1 Å². The third kappa shape index (κ3) is 7.32. The summed E-state index contributed by atoms with van der Waals surface area (Å²) in [7, 11) is 1.25. The summed E-state index contributed by atoms with van der Waals surface area (Å²) in [6.45, 7) is 0. The maximum atomic E-state index is 12.8. The van der Waals surface area contributed by atoms with Crippen LogP contribution in [0.4, 0.5) is 5.69 Å². The van der Waals surface area contributed by atoms with Crippen LogP contribution in [0.15, 0.2) is 54.1 Å². The Balaban J connectivity index is 1.61. The maximum absolute atomic E-state index is 12.8. The number of esters is 1. The summed E-state index contributed by atoms with van der Waals surface area (Å²) in [5, 5.41) is 14.9. The van der Waals surface area contributed by atoms with Gasteiger partial charge in [0, 0.05) is 24.1 Å². The first-order chi connectivity index (χ1) is 17.2. The Kier molecular flexibility index (Phi) is 9.50. The normalized spacial score (nSPS) is 16.0. The zero-order valence-electron chi connectivity index (χ0n) is 19.6. The fourth-order valence-electron chi connectivity index (χ4n) is 4.06. The van der Waals surface area contributed by atoms with Crippen LogP contribution in [-0.2, 0) is 25.5 Å². The maximum Gasteiger partial charge on any atom is 0.328 e. The number of carboxylic acid groups (broad SMARTS) is 1. The molecule has 0 unspecified atom stereocenters. The molecule has 0 radical (unpaired) electrons. The lowest BCUT2D eigenvalue weighted by Crippen LogP contribution is -2.45. The molecule has 2 aromatic rings. The predicted molar refractivity (Wildman–Crippen MR) is 136 cm³/mol. The van der Waals surface area contributed by atoms with Crippen molar-refractivity contribution in [2.75, 3.05) is 12.4 Å². The molecule has 3 rings (SSSR count). The molecular formula is C26H26Cl2N2O6. The lowest BCUT2D eigenvalue weighted by atomic mass is 9.85. The minimum absolute atomic E-state index is 0.173. The molecule has 1 atom stereocenters. The summed E-state index contributed by atoms with van der Waals surface area (Å²) in [6.07, 6.45) is 3.48. The van der Waals surface area contributed by atoms with Gasteiger partial charge in [0.25, 0.3) is 5.91 Å². The molecule has 0 aromatic heterocycles. The average Bonchev–Trinajstić information content (AvgIpc) is 2.84. The Labute approximate surface area is 218 Å². The van der Waals surface area contributed by atoms with E-state index in [4.69, 9.17) is 33.0 Å². The van der Waals surface area contributed by atoms with Gasteiger partial charge in [0.2, 0.25) is 5.91 Å². The molecule has 8 nitrogen and oxygen atoms in total. The minimum Gasteiger partial charge on any atom is -0.478 e. The first-order valence-electron chi connectivity index (χ1n) is 11.3. The van der Waals surface area contributed by atoms with Crippen molar-refractivity contribution >= 4 is 52.6 Å². The van der Waals surface area contributed by atoms with E-state index >= 15 is 0 Å². The molecule has 1 aliphatic carbocycles. The van der Waals surface area contributed by atoms with E-state index in [1.165, 1.54) is 13.2 Å². The molecule has 0 spiro atoms. The molecular weight excluding hydrogens is 507 g/mol. The highest BCUT2D eigenvalue weighted by molar-refractivity contribution is 6.40. The van der Waals surface area contributed by atoms with Crippen LogP contribution in [0.1, 0.15) is 41.6 Å². The second kappa shape index (κ2) is 12.6. The summed E-state index contributed by atoms with van der Waals surface area (Å²) < 4.78 is 4.87. The fourth-order valence-corrected chi connectivity index (χ4v) is 4.63. The van der Waals surface area contributed by atoms with Crippen molar-refractivity contribution in [1.29, 1.82) is 0 Å². The molecule has 36 heavy (non-hydrogen) atoms. The topological polar surface area (TPSA) is 122 Å². The number of rotatable bonds is 8. The van der Waals surface area contributed by atoms with Crippen LogP contribution in [0, 0.1) is 5.92 Å². The van der Waals surface area contributed by atoms with Gasteiger partial charge in [-0.25, -0.2) is 9.59 Å². The third-order valence-electron chi connectivity index (χ3n) is 5.97. The van der Waals surface area contributed by atoms with E-state index in [1.807, 2.05) is 0 Å². The standard InChI is InChI=1S/C26H26Cl2N2O6/c1-36-26(35)21(30-24(33)17-9-5-16(6-10-17)14-22(31)32)13-15-7-11-18(12-8-15)29-25(34)23-19(27)3-2-4-20(23)28/h2-4,7-8,11-12,14,17,21H,5-6,9-10,13H2,1H3,(H,29,34)(H,30,33)(H,31,32)/t17?,21-/m0/s1. The van der Waals surface area contributed by atoms with Crippen molar-refractivity contribution in [1.82, 2.24) is 5.32 Å². The molecule has 0 saturated heterocycles. The number of allylic oxidation sites excluding steroid dienone is 1. The van der Waals surface area contributed by atoms with E-state index in [9.17, 15) is 19.2 Å². The quantitative estimate of drug-likeness (QED) is 0.336. The highest BCUT2D eigenvalue weighted by Crippen LogP contribution is 2.29. The molecule has 0 aliphatic heterocycles. The smallest absolute Gasteiger partial charge is 0.328 e. The number of carbonyl (C=O) groups is 4. The number of amides is 2. The first kappa shape index (κ1) is 27.2. The van der Waals surface area contributed by atoms with Gasteiger partial charge in [-0.05, 0) is 55.5 Å². The monoisotopic (exact) mass is 532 g/mol. The molecule has 3 N–H and O–H groups in total. The van der Waals surface area contributed by atoms with Gasteiger partial charge in [-0.2, -0.15) is 0 Å². The predicted octanol–water partition coefficient (Wildman–Crippen LogP) is 4.65. The van der Waals surface area contributed by atoms with Crippen molar-refractivity contribution in [3.8, 4) is 0 Å². The number of aliphatic carboxylic acids is 1. The molecule has 1 aliphatic rings. The Morgan fingerprint density at radius 2 is 1.67 bits per heavy atom. The number of carbonyl (C=O) groups excluding carboxylic acids is 3. The second-order valence-electron chi connectivity index (χ2n) is 8.45. The number of ether oxygens (including phenoxy) is 1. The van der Waals surface area contributed by atoms with E-state index in [0.29, 0.717) is 31.4 Å². The molecule has 1 saturated carbocycles. The van der Waals surface area contributed by atoms with Gasteiger partial charge in [-0.15, -0.1) is 0 Å². The van der Waals surface area contributed by atoms with Crippen LogP contribution >= 0.6 is 23.2 Å². The van der Waals surface area contributed by atoms with Gasteiger partial charge >= 0.3 is 11.9 Å². The first-order valence-corrected chi connectivity index (χ1v) is 12.1. The Morgan fingerprint density at radius 1 is 1.06 bits per heavy atom. The lowest BCUT2D eigenvalue weighted by Gasteiger charge is -2.25. The van der Waals surface area contributed by atoms with Gasteiger partial charge in [-0.1, -0.05) is 47.0 Å². The van der Waals surface area contributed by atoms with Crippen molar-refractivity contribution in [3.63, 3.8) is 0 Å². The van der Waals surface area contributed by atoms with Gasteiger partial charge in [0.05, 0.1) is 22.7 Å².